The molecule has 0 radical (unpaired) electrons. The molecule has 0 atom stereocenters. The number of nitrogens with zero attached hydrogens (tertiary/aromatic N) is 1. The van der Waals surface area contributed by atoms with Gasteiger partial charge in [-0.15, -0.1) is 0 Å². The first-order valence-electron chi connectivity index (χ1n) is 5.60. The molecule has 0 bridgehead atoms. The number of carbonyl (C=O) groups is 1. The molecule has 1 N–H and O–H groups in total. The highest BCUT2D eigenvalue weighted by Gasteiger charge is 2.17. The van der Waals surface area contributed by atoms with Crippen molar-refractivity contribution in [2.45, 2.75) is 13.8 Å². The number of furan rings is 1. The van der Waals surface area contributed by atoms with E-state index in [0.29, 0.717) is 16.8 Å². The monoisotopic (exact) mass is 260 g/mol. The molecule has 6 heteroatoms. The van der Waals surface area contributed by atoms with Crippen molar-refractivity contribution in [2.24, 2.45) is 0 Å². The molecule has 0 saturated carbocycles. The van der Waals surface area contributed by atoms with Crippen LogP contribution in [0.2, 0.25) is 0 Å². The number of nitro benzene ring substituents is 1. The van der Waals surface area contributed by atoms with Gasteiger partial charge in [-0.3, -0.25) is 14.9 Å². The molecule has 1 heterocycles. The minimum Gasteiger partial charge on any atom is -0.459 e. The average Bonchev–Trinajstić information content (AvgIpc) is 2.77. The zero-order chi connectivity index (χ0) is 14.0. The summed E-state index contributed by atoms with van der Waals surface area (Å²) in [4.78, 5) is 22.3. The van der Waals surface area contributed by atoms with Crippen LogP contribution >= 0.6 is 0 Å². The van der Waals surface area contributed by atoms with Crippen LogP contribution in [0.15, 0.2) is 34.9 Å². The van der Waals surface area contributed by atoms with E-state index in [1.165, 1.54) is 18.4 Å². The number of carbonyl (C=O) groups excluding carboxylic acids is 1. The predicted molar refractivity (Wildman–Crippen MR) is 69.2 cm³/mol. The van der Waals surface area contributed by atoms with Crippen LogP contribution in [0.1, 0.15) is 21.7 Å². The van der Waals surface area contributed by atoms with Crippen molar-refractivity contribution in [2.75, 3.05) is 5.32 Å². The standard InChI is InChI=1S/C13H12N2O4/c1-8-6-7-19-12(8)13(16)14-10-4-3-5-11(9(10)2)15(17)18/h3-7H,1-2H3,(H,14,16). The normalized spacial score (nSPS) is 10.2. The first-order valence-corrected chi connectivity index (χ1v) is 5.60. The summed E-state index contributed by atoms with van der Waals surface area (Å²) >= 11 is 0. The van der Waals surface area contributed by atoms with Crippen LogP contribution in [0.4, 0.5) is 11.4 Å². The van der Waals surface area contributed by atoms with Gasteiger partial charge >= 0.3 is 0 Å². The molecular weight excluding hydrogens is 248 g/mol. The lowest BCUT2D eigenvalue weighted by atomic mass is 10.1. The maximum atomic E-state index is 12.0. The number of anilines is 1. The van der Waals surface area contributed by atoms with Crippen molar-refractivity contribution in [3.63, 3.8) is 0 Å². The Balaban J connectivity index is 2.30. The van der Waals surface area contributed by atoms with Crippen LogP contribution in [-0.4, -0.2) is 10.8 Å². The van der Waals surface area contributed by atoms with Crippen molar-refractivity contribution in [3.05, 3.63) is 57.5 Å². The molecule has 0 aliphatic heterocycles. The van der Waals surface area contributed by atoms with Crippen LogP contribution in [0.3, 0.4) is 0 Å². The van der Waals surface area contributed by atoms with E-state index < -0.39 is 10.8 Å². The fraction of sp³-hybridized carbons (Fsp3) is 0.154. The fourth-order valence-electron chi connectivity index (χ4n) is 1.74. The Bertz CT molecular complexity index is 646. The van der Waals surface area contributed by atoms with Gasteiger partial charge in [0.15, 0.2) is 5.76 Å². The zero-order valence-electron chi connectivity index (χ0n) is 10.5. The molecule has 0 aliphatic carbocycles. The Kier molecular flexibility index (Phi) is 3.33. The van der Waals surface area contributed by atoms with Gasteiger partial charge in [0.25, 0.3) is 11.6 Å². The highest BCUT2D eigenvalue weighted by atomic mass is 16.6. The van der Waals surface area contributed by atoms with Crippen molar-refractivity contribution >= 4 is 17.3 Å². The molecule has 0 unspecified atom stereocenters. The maximum Gasteiger partial charge on any atom is 0.291 e. The van der Waals surface area contributed by atoms with Gasteiger partial charge in [0.1, 0.15) is 0 Å². The van der Waals surface area contributed by atoms with Gasteiger partial charge < -0.3 is 9.73 Å². The van der Waals surface area contributed by atoms with E-state index in [1.54, 1.807) is 26.0 Å². The Morgan fingerprint density at radius 2 is 2.05 bits per heavy atom. The second-order valence-electron chi connectivity index (χ2n) is 4.09. The van der Waals surface area contributed by atoms with E-state index in [-0.39, 0.29) is 11.4 Å². The smallest absolute Gasteiger partial charge is 0.291 e. The molecule has 2 aromatic rings. The van der Waals surface area contributed by atoms with Gasteiger partial charge in [-0.05, 0) is 26.0 Å². The van der Waals surface area contributed by atoms with Gasteiger partial charge in [0.2, 0.25) is 0 Å². The van der Waals surface area contributed by atoms with Crippen molar-refractivity contribution in [1.82, 2.24) is 0 Å². The first kappa shape index (κ1) is 12.8. The minimum atomic E-state index is -0.483. The molecule has 1 aromatic heterocycles. The van der Waals surface area contributed by atoms with Gasteiger partial charge in [0, 0.05) is 11.6 Å². The van der Waals surface area contributed by atoms with Crippen LogP contribution in [0.25, 0.3) is 0 Å². The van der Waals surface area contributed by atoms with E-state index in [0.717, 1.165) is 0 Å². The van der Waals surface area contributed by atoms with Crippen LogP contribution < -0.4 is 5.32 Å². The third kappa shape index (κ3) is 2.47. The van der Waals surface area contributed by atoms with Crippen LogP contribution in [0.5, 0.6) is 0 Å². The number of benzene rings is 1. The molecule has 2 rings (SSSR count). The molecule has 6 nitrogen and oxygen atoms in total. The zero-order valence-corrected chi connectivity index (χ0v) is 10.5. The lowest BCUT2D eigenvalue weighted by molar-refractivity contribution is -0.385. The topological polar surface area (TPSA) is 85.4 Å². The van der Waals surface area contributed by atoms with E-state index >= 15 is 0 Å². The molecule has 19 heavy (non-hydrogen) atoms. The van der Waals surface area contributed by atoms with Crippen molar-refractivity contribution in [3.8, 4) is 0 Å². The van der Waals surface area contributed by atoms with E-state index in [1.807, 2.05) is 0 Å². The molecule has 0 saturated heterocycles. The molecule has 1 aromatic carbocycles. The number of hydrogen-bond acceptors (Lipinski definition) is 4. The number of amides is 1. The lowest BCUT2D eigenvalue weighted by Crippen LogP contribution is -2.13. The molecule has 0 fully saturated rings. The highest BCUT2D eigenvalue weighted by Crippen LogP contribution is 2.25. The Labute approximate surface area is 109 Å². The van der Waals surface area contributed by atoms with Crippen molar-refractivity contribution in [1.29, 1.82) is 0 Å². The fourth-order valence-corrected chi connectivity index (χ4v) is 1.74. The second-order valence-corrected chi connectivity index (χ2v) is 4.09. The van der Waals surface area contributed by atoms with Crippen LogP contribution in [0, 0.1) is 24.0 Å². The number of aryl methyl sites for hydroxylation is 1. The summed E-state index contributed by atoms with van der Waals surface area (Å²) in [6, 6.07) is 6.20. The minimum absolute atomic E-state index is 0.0334. The van der Waals surface area contributed by atoms with Crippen LogP contribution in [-0.2, 0) is 0 Å². The highest BCUT2D eigenvalue weighted by molar-refractivity contribution is 6.03. The lowest BCUT2D eigenvalue weighted by Gasteiger charge is -2.07. The quantitative estimate of drug-likeness (QED) is 0.678. The molecule has 1 amide bonds. The summed E-state index contributed by atoms with van der Waals surface area (Å²) in [5.74, 6) is -0.225. The molecule has 98 valence electrons. The molecular formula is C13H12N2O4. The number of nitrogens with one attached hydrogen (secondary N) is 1. The third-order valence-corrected chi connectivity index (χ3v) is 2.82. The summed E-state index contributed by atoms with van der Waals surface area (Å²) < 4.78 is 5.07. The molecule has 0 spiro atoms. The summed E-state index contributed by atoms with van der Waals surface area (Å²) in [5.41, 5.74) is 1.48. The Morgan fingerprint density at radius 1 is 1.32 bits per heavy atom. The van der Waals surface area contributed by atoms with Gasteiger partial charge in [-0.25, -0.2) is 0 Å². The SMILES string of the molecule is Cc1ccoc1C(=O)Nc1cccc([N+](=O)[O-])c1C. The maximum absolute atomic E-state index is 12.0. The number of rotatable bonds is 3. The van der Waals surface area contributed by atoms with Gasteiger partial charge in [-0.2, -0.15) is 0 Å². The Hall–Kier alpha value is -2.63. The average molecular weight is 260 g/mol. The largest absolute Gasteiger partial charge is 0.459 e. The van der Waals surface area contributed by atoms with E-state index in [4.69, 9.17) is 4.42 Å². The summed E-state index contributed by atoms with van der Waals surface area (Å²) in [7, 11) is 0. The predicted octanol–water partition coefficient (Wildman–Crippen LogP) is 3.06. The Morgan fingerprint density at radius 3 is 2.63 bits per heavy atom. The second kappa shape index (κ2) is 4.93. The number of hydrogen-bond donors (Lipinski definition) is 1. The summed E-state index contributed by atoms with van der Waals surface area (Å²) in [6.07, 6.45) is 1.42. The summed E-state index contributed by atoms with van der Waals surface area (Å²) in [6.45, 7) is 3.33. The van der Waals surface area contributed by atoms with Gasteiger partial charge in [0.05, 0.1) is 22.4 Å². The van der Waals surface area contributed by atoms with Crippen molar-refractivity contribution < 1.29 is 14.1 Å². The summed E-state index contributed by atoms with van der Waals surface area (Å²) in [5, 5.41) is 13.4. The third-order valence-electron chi connectivity index (χ3n) is 2.82. The number of nitro groups is 1. The first-order chi connectivity index (χ1) is 9.00. The van der Waals surface area contributed by atoms with Gasteiger partial charge in [-0.1, -0.05) is 6.07 Å². The van der Waals surface area contributed by atoms with E-state index in [2.05, 4.69) is 5.32 Å². The molecule has 0 aliphatic rings. The van der Waals surface area contributed by atoms with E-state index in [9.17, 15) is 14.9 Å².